The second-order valence-corrected chi connectivity index (χ2v) is 6.30. The minimum absolute atomic E-state index is 0.171. The smallest absolute Gasteiger partial charge is 0.254 e. The lowest BCUT2D eigenvalue weighted by Crippen LogP contribution is -2.30. The maximum Gasteiger partial charge on any atom is 0.254 e. The van der Waals surface area contributed by atoms with Gasteiger partial charge in [0.15, 0.2) is 0 Å². The fourth-order valence-corrected chi connectivity index (χ4v) is 2.74. The lowest BCUT2D eigenvalue weighted by Gasteiger charge is -2.19. The van der Waals surface area contributed by atoms with Crippen LogP contribution in [0.5, 0.6) is 11.5 Å². The third-order valence-corrected chi connectivity index (χ3v) is 4.37. The molecule has 0 aliphatic heterocycles. The topological polar surface area (TPSA) is 77.7 Å². The molecule has 0 N–H and O–H groups in total. The lowest BCUT2D eigenvalue weighted by atomic mass is 10.1. The molecule has 1 aromatic heterocycles. The summed E-state index contributed by atoms with van der Waals surface area (Å²) in [6, 6.07) is 12.9. The van der Waals surface area contributed by atoms with Crippen molar-refractivity contribution in [1.82, 2.24) is 15.0 Å². The van der Waals surface area contributed by atoms with Gasteiger partial charge in [-0.15, -0.1) is 0 Å². The number of ether oxygens (including phenoxy) is 2. The Morgan fingerprint density at radius 3 is 2.29 bits per heavy atom. The minimum Gasteiger partial charge on any atom is -0.497 e. The van der Waals surface area contributed by atoms with Gasteiger partial charge < -0.3 is 18.9 Å². The van der Waals surface area contributed by atoms with Crippen molar-refractivity contribution in [3.63, 3.8) is 0 Å². The molecule has 146 valence electrons. The van der Waals surface area contributed by atoms with E-state index in [1.54, 1.807) is 37.3 Å². The van der Waals surface area contributed by atoms with E-state index in [1.165, 1.54) is 0 Å². The average Bonchev–Trinajstić information content (AvgIpc) is 3.20. The summed E-state index contributed by atoms with van der Waals surface area (Å²) in [7, 11) is 3.09. The normalized spacial score (nSPS) is 10.6. The molecule has 0 unspecified atom stereocenters. The SMILES string of the molecule is CCN(Cc1nc(-c2ccc(C)cc2)no1)C(=O)c1cc(OC)cc(OC)c1. The molecular formula is C21H23N3O4. The van der Waals surface area contributed by atoms with E-state index in [0.29, 0.717) is 35.3 Å². The molecule has 0 fully saturated rings. The summed E-state index contributed by atoms with van der Waals surface area (Å²) in [5.41, 5.74) is 2.49. The molecular weight excluding hydrogens is 358 g/mol. The summed E-state index contributed by atoms with van der Waals surface area (Å²) in [5, 5.41) is 4.03. The van der Waals surface area contributed by atoms with E-state index in [4.69, 9.17) is 14.0 Å². The summed E-state index contributed by atoms with van der Waals surface area (Å²) >= 11 is 0. The fourth-order valence-electron chi connectivity index (χ4n) is 2.74. The number of aryl methyl sites for hydroxylation is 1. The largest absolute Gasteiger partial charge is 0.497 e. The molecule has 0 saturated heterocycles. The van der Waals surface area contributed by atoms with Gasteiger partial charge in [0.05, 0.1) is 14.2 Å². The Morgan fingerprint density at radius 1 is 1.07 bits per heavy atom. The zero-order valence-corrected chi connectivity index (χ0v) is 16.4. The van der Waals surface area contributed by atoms with Gasteiger partial charge in [-0.2, -0.15) is 4.98 Å². The molecule has 0 aliphatic rings. The fraction of sp³-hybridized carbons (Fsp3) is 0.286. The van der Waals surface area contributed by atoms with Gasteiger partial charge in [-0.05, 0) is 26.0 Å². The Kier molecular flexibility index (Phi) is 5.93. The van der Waals surface area contributed by atoms with Crippen molar-refractivity contribution in [2.24, 2.45) is 0 Å². The molecule has 2 aromatic carbocycles. The van der Waals surface area contributed by atoms with Crippen LogP contribution in [0, 0.1) is 6.92 Å². The Morgan fingerprint density at radius 2 is 1.71 bits per heavy atom. The average molecular weight is 381 g/mol. The van der Waals surface area contributed by atoms with Crippen LogP contribution >= 0.6 is 0 Å². The van der Waals surface area contributed by atoms with Crippen molar-refractivity contribution < 1.29 is 18.8 Å². The van der Waals surface area contributed by atoms with Crippen LogP contribution in [-0.2, 0) is 6.54 Å². The summed E-state index contributed by atoms with van der Waals surface area (Å²) < 4.78 is 15.8. The molecule has 7 nitrogen and oxygen atoms in total. The molecule has 0 saturated carbocycles. The molecule has 0 radical (unpaired) electrons. The van der Waals surface area contributed by atoms with Gasteiger partial charge in [0.2, 0.25) is 11.7 Å². The van der Waals surface area contributed by atoms with Gasteiger partial charge in [-0.25, -0.2) is 0 Å². The maximum absolute atomic E-state index is 13.0. The van der Waals surface area contributed by atoms with Crippen molar-refractivity contribution in [3.05, 3.63) is 59.5 Å². The standard InChI is InChI=1S/C21H23N3O4/c1-5-24(21(25)16-10-17(26-3)12-18(11-16)27-4)13-19-22-20(23-28-19)15-8-6-14(2)7-9-15/h6-12H,5,13H2,1-4H3. The molecule has 28 heavy (non-hydrogen) atoms. The van der Waals surface area contributed by atoms with Crippen LogP contribution in [0.1, 0.15) is 28.7 Å². The van der Waals surface area contributed by atoms with E-state index in [2.05, 4.69) is 10.1 Å². The predicted octanol–water partition coefficient (Wildman–Crippen LogP) is 3.72. The van der Waals surface area contributed by atoms with Crippen molar-refractivity contribution in [1.29, 1.82) is 0 Å². The Hall–Kier alpha value is -3.35. The number of amides is 1. The van der Waals surface area contributed by atoms with Gasteiger partial charge >= 0.3 is 0 Å². The van der Waals surface area contributed by atoms with Crippen molar-refractivity contribution >= 4 is 5.91 Å². The number of carbonyl (C=O) groups is 1. The van der Waals surface area contributed by atoms with Crippen molar-refractivity contribution in [2.45, 2.75) is 20.4 Å². The summed E-state index contributed by atoms with van der Waals surface area (Å²) in [5.74, 6) is 1.81. The van der Waals surface area contributed by atoms with Crippen LogP contribution in [0.15, 0.2) is 47.0 Å². The molecule has 0 bridgehead atoms. The molecule has 1 heterocycles. The summed E-state index contributed by atoms with van der Waals surface area (Å²) in [4.78, 5) is 19.0. The monoisotopic (exact) mass is 381 g/mol. The lowest BCUT2D eigenvalue weighted by molar-refractivity contribution is 0.0733. The number of rotatable bonds is 7. The first kappa shape index (κ1) is 19.4. The molecule has 3 aromatic rings. The van der Waals surface area contributed by atoms with Crippen molar-refractivity contribution in [2.75, 3.05) is 20.8 Å². The number of carbonyl (C=O) groups excluding carboxylic acids is 1. The quantitative estimate of drug-likeness (QED) is 0.621. The van der Waals surface area contributed by atoms with Gasteiger partial charge in [-0.1, -0.05) is 35.0 Å². The summed E-state index contributed by atoms with van der Waals surface area (Å²) in [6.07, 6.45) is 0. The molecule has 1 amide bonds. The Bertz CT molecular complexity index is 928. The van der Waals surface area contributed by atoms with Crippen LogP contribution in [0.25, 0.3) is 11.4 Å². The van der Waals surface area contributed by atoms with E-state index in [-0.39, 0.29) is 12.5 Å². The highest BCUT2D eigenvalue weighted by Crippen LogP contribution is 2.24. The van der Waals surface area contributed by atoms with Gasteiger partial charge in [0.25, 0.3) is 5.91 Å². The highest BCUT2D eigenvalue weighted by Gasteiger charge is 2.20. The van der Waals surface area contributed by atoms with Gasteiger partial charge in [0, 0.05) is 23.7 Å². The second kappa shape index (κ2) is 8.56. The van der Waals surface area contributed by atoms with Crippen LogP contribution in [0.3, 0.4) is 0 Å². The summed E-state index contributed by atoms with van der Waals surface area (Å²) in [6.45, 7) is 4.62. The van der Waals surface area contributed by atoms with Crippen LogP contribution in [0.4, 0.5) is 0 Å². The van der Waals surface area contributed by atoms with Crippen LogP contribution in [-0.4, -0.2) is 41.7 Å². The zero-order valence-electron chi connectivity index (χ0n) is 16.4. The number of nitrogens with zero attached hydrogens (tertiary/aromatic N) is 3. The van der Waals surface area contributed by atoms with Crippen LogP contribution < -0.4 is 9.47 Å². The van der Waals surface area contributed by atoms with Crippen molar-refractivity contribution in [3.8, 4) is 22.9 Å². The number of benzene rings is 2. The molecule has 3 rings (SSSR count). The van der Waals surface area contributed by atoms with Gasteiger partial charge in [-0.3, -0.25) is 4.79 Å². The predicted molar refractivity (Wildman–Crippen MR) is 104 cm³/mol. The third kappa shape index (κ3) is 4.31. The van der Waals surface area contributed by atoms with E-state index in [9.17, 15) is 4.79 Å². The number of hydrogen-bond donors (Lipinski definition) is 0. The number of aromatic nitrogens is 2. The zero-order chi connectivity index (χ0) is 20.1. The first-order valence-corrected chi connectivity index (χ1v) is 8.96. The Labute approximate surface area is 163 Å². The highest BCUT2D eigenvalue weighted by atomic mass is 16.5. The maximum atomic E-state index is 13.0. The number of hydrogen-bond acceptors (Lipinski definition) is 6. The van der Waals surface area contributed by atoms with Crippen LogP contribution in [0.2, 0.25) is 0 Å². The van der Waals surface area contributed by atoms with E-state index in [0.717, 1.165) is 11.1 Å². The molecule has 0 atom stereocenters. The molecule has 0 aliphatic carbocycles. The van der Waals surface area contributed by atoms with E-state index < -0.39 is 0 Å². The third-order valence-electron chi connectivity index (χ3n) is 4.37. The Balaban J connectivity index is 1.79. The van der Waals surface area contributed by atoms with E-state index >= 15 is 0 Å². The molecule has 0 spiro atoms. The van der Waals surface area contributed by atoms with E-state index in [1.807, 2.05) is 38.1 Å². The first-order chi connectivity index (χ1) is 13.5. The molecule has 7 heteroatoms. The van der Waals surface area contributed by atoms with Gasteiger partial charge in [0.1, 0.15) is 18.0 Å². The number of methoxy groups -OCH3 is 2. The second-order valence-electron chi connectivity index (χ2n) is 6.30. The minimum atomic E-state index is -0.171. The first-order valence-electron chi connectivity index (χ1n) is 8.96. The highest BCUT2D eigenvalue weighted by molar-refractivity contribution is 5.95.